The van der Waals surface area contributed by atoms with Gasteiger partial charge in [0.1, 0.15) is 17.2 Å². The Balaban J connectivity index is 1.27. The van der Waals surface area contributed by atoms with Gasteiger partial charge in [0.25, 0.3) is 5.91 Å². The van der Waals surface area contributed by atoms with E-state index in [0.29, 0.717) is 5.75 Å². The van der Waals surface area contributed by atoms with E-state index in [4.69, 9.17) is 4.74 Å². The predicted octanol–water partition coefficient (Wildman–Crippen LogP) is 3.06. The number of hydrogen-bond acceptors (Lipinski definition) is 7. The number of nitrogens with zero attached hydrogens (tertiary/aromatic N) is 1. The lowest BCUT2D eigenvalue weighted by Gasteiger charge is -2.35. The molecule has 0 spiro atoms. The lowest BCUT2D eigenvalue weighted by molar-refractivity contribution is -0.134. The maximum atomic E-state index is 12.1. The number of benzene rings is 2. The fourth-order valence-electron chi connectivity index (χ4n) is 2.44. The van der Waals surface area contributed by atoms with Gasteiger partial charge < -0.3 is 15.4 Å². The molecule has 3 aromatic rings. The first-order valence-corrected chi connectivity index (χ1v) is 11.2. The molecule has 6 nitrogen and oxygen atoms in total. The zero-order valence-electron chi connectivity index (χ0n) is 14.0. The molecule has 2 aromatic carbocycles. The van der Waals surface area contributed by atoms with Gasteiger partial charge in [-0.25, -0.2) is 4.98 Å². The molecule has 2 unspecified atom stereocenters. The molecule has 2 N–H and O–H groups in total. The summed E-state index contributed by atoms with van der Waals surface area (Å²) >= 11 is 1.61. The van der Waals surface area contributed by atoms with Gasteiger partial charge in [0.2, 0.25) is 5.91 Å². The van der Waals surface area contributed by atoms with E-state index in [1.165, 1.54) is 21.6 Å². The number of thiazole rings is 1. The van der Waals surface area contributed by atoms with Crippen LogP contribution in [0.25, 0.3) is 10.2 Å². The number of carbonyl (C=O) groups is 2. The van der Waals surface area contributed by atoms with Crippen molar-refractivity contribution in [3.8, 4) is 5.75 Å². The highest BCUT2D eigenvalue weighted by atomic mass is 33.1. The molecule has 9 heteroatoms. The first-order valence-electron chi connectivity index (χ1n) is 8.15. The lowest BCUT2D eigenvalue weighted by atomic mass is 10.1. The quantitative estimate of drug-likeness (QED) is 0.454. The van der Waals surface area contributed by atoms with Gasteiger partial charge in [-0.3, -0.25) is 9.59 Å². The molecule has 1 aliphatic rings. The summed E-state index contributed by atoms with van der Waals surface area (Å²) < 4.78 is 7.45. The average Bonchev–Trinajstić information content (AvgIpc) is 3.11. The number of amides is 2. The molecule has 0 saturated carbocycles. The number of carbonyl (C=O) groups excluding carboxylic acids is 2. The van der Waals surface area contributed by atoms with Crippen LogP contribution in [0.3, 0.4) is 0 Å². The molecule has 0 aliphatic carbocycles. The van der Waals surface area contributed by atoms with Crippen molar-refractivity contribution in [2.24, 2.45) is 0 Å². The SMILES string of the molecule is O=C(COc1ccccc1)NC1C(=O)NC1SSc1nc2ccccc2s1. The van der Waals surface area contributed by atoms with Crippen LogP contribution in [0.4, 0.5) is 0 Å². The topological polar surface area (TPSA) is 80.3 Å². The van der Waals surface area contributed by atoms with E-state index in [9.17, 15) is 9.59 Å². The van der Waals surface area contributed by atoms with Crippen molar-refractivity contribution >= 4 is 55.0 Å². The van der Waals surface area contributed by atoms with Gasteiger partial charge in [0, 0.05) is 0 Å². The number of nitrogens with one attached hydrogen (secondary N) is 2. The summed E-state index contributed by atoms with van der Waals surface area (Å²) in [5.74, 6) is 0.0998. The van der Waals surface area contributed by atoms with Crippen LogP contribution in [0.1, 0.15) is 0 Å². The number of para-hydroxylation sites is 2. The minimum atomic E-state index is -0.566. The molecule has 2 heterocycles. The molecule has 1 saturated heterocycles. The Morgan fingerprint density at radius 2 is 1.96 bits per heavy atom. The summed E-state index contributed by atoms with van der Waals surface area (Å²) in [6.07, 6.45) is 0. The molecule has 0 radical (unpaired) electrons. The fraction of sp³-hybridized carbons (Fsp3) is 0.167. The van der Waals surface area contributed by atoms with E-state index in [1.807, 2.05) is 42.5 Å². The van der Waals surface area contributed by atoms with E-state index >= 15 is 0 Å². The van der Waals surface area contributed by atoms with Crippen LogP contribution >= 0.6 is 32.9 Å². The molecule has 138 valence electrons. The van der Waals surface area contributed by atoms with Crippen molar-refractivity contribution in [2.75, 3.05) is 6.61 Å². The number of ether oxygens (including phenoxy) is 1. The van der Waals surface area contributed by atoms with Crippen molar-refractivity contribution < 1.29 is 14.3 Å². The average molecular weight is 418 g/mol. The third-order valence-corrected chi connectivity index (χ3v) is 7.76. The second-order valence-corrected chi connectivity index (χ2v) is 9.32. The summed E-state index contributed by atoms with van der Waals surface area (Å²) in [6.45, 7) is -0.129. The van der Waals surface area contributed by atoms with Crippen LogP contribution in [0.2, 0.25) is 0 Å². The fourth-order valence-corrected chi connectivity index (χ4v) is 6.13. The summed E-state index contributed by atoms with van der Waals surface area (Å²) in [4.78, 5) is 28.4. The van der Waals surface area contributed by atoms with Crippen molar-refractivity contribution in [3.05, 3.63) is 54.6 Å². The molecular formula is C18H15N3O3S3. The normalized spacial score (nSPS) is 18.6. The molecular weight excluding hydrogens is 402 g/mol. The Morgan fingerprint density at radius 1 is 1.19 bits per heavy atom. The Morgan fingerprint density at radius 3 is 2.74 bits per heavy atom. The molecule has 1 aromatic heterocycles. The third kappa shape index (κ3) is 4.37. The molecule has 1 fully saturated rings. The van der Waals surface area contributed by atoms with Crippen LogP contribution in [0.5, 0.6) is 5.75 Å². The molecule has 1 aliphatic heterocycles. The minimum Gasteiger partial charge on any atom is -0.484 e. The van der Waals surface area contributed by atoms with E-state index in [2.05, 4.69) is 15.6 Å². The standard InChI is InChI=1S/C18H15N3O3S3/c22-14(10-24-11-6-2-1-3-7-11)20-15-16(23)21-17(15)26-27-18-19-12-8-4-5-9-13(12)25-18/h1-9,15,17H,10H2,(H,20,22)(H,21,23). The number of fused-ring (bicyclic) bond motifs is 1. The minimum absolute atomic E-state index is 0.129. The van der Waals surface area contributed by atoms with Gasteiger partial charge >= 0.3 is 0 Å². The molecule has 0 bridgehead atoms. The van der Waals surface area contributed by atoms with E-state index in [0.717, 1.165) is 14.6 Å². The van der Waals surface area contributed by atoms with Gasteiger partial charge in [0.15, 0.2) is 10.9 Å². The van der Waals surface area contributed by atoms with Crippen molar-refractivity contribution in [2.45, 2.75) is 15.8 Å². The van der Waals surface area contributed by atoms with Crippen molar-refractivity contribution in [1.29, 1.82) is 0 Å². The molecule has 2 atom stereocenters. The Labute approximate surface area is 167 Å². The van der Waals surface area contributed by atoms with Gasteiger partial charge in [-0.05, 0) is 35.1 Å². The summed E-state index contributed by atoms with van der Waals surface area (Å²) in [7, 11) is 2.98. The summed E-state index contributed by atoms with van der Waals surface area (Å²) in [5, 5.41) is 5.32. The number of β-lactam (4-membered cyclic amide) rings is 1. The van der Waals surface area contributed by atoms with Crippen LogP contribution in [-0.4, -0.2) is 34.8 Å². The van der Waals surface area contributed by atoms with E-state index in [-0.39, 0.29) is 23.8 Å². The van der Waals surface area contributed by atoms with Gasteiger partial charge in [-0.2, -0.15) is 0 Å². The Bertz CT molecular complexity index is 931. The monoisotopic (exact) mass is 417 g/mol. The highest BCUT2D eigenvalue weighted by molar-refractivity contribution is 8.77. The zero-order valence-corrected chi connectivity index (χ0v) is 16.4. The van der Waals surface area contributed by atoms with Crippen LogP contribution < -0.4 is 15.4 Å². The maximum absolute atomic E-state index is 12.1. The second kappa shape index (κ2) is 8.20. The molecule has 2 amide bonds. The Hall–Kier alpha value is -2.23. The summed E-state index contributed by atoms with van der Waals surface area (Å²) in [5.41, 5.74) is 0.964. The maximum Gasteiger partial charge on any atom is 0.258 e. The van der Waals surface area contributed by atoms with Gasteiger partial charge in [-0.1, -0.05) is 41.1 Å². The van der Waals surface area contributed by atoms with E-state index < -0.39 is 6.04 Å². The van der Waals surface area contributed by atoms with Crippen LogP contribution in [-0.2, 0) is 9.59 Å². The van der Waals surface area contributed by atoms with Crippen molar-refractivity contribution in [1.82, 2.24) is 15.6 Å². The first-order chi connectivity index (χ1) is 13.2. The largest absolute Gasteiger partial charge is 0.484 e. The predicted molar refractivity (Wildman–Crippen MR) is 109 cm³/mol. The van der Waals surface area contributed by atoms with Crippen molar-refractivity contribution in [3.63, 3.8) is 0 Å². The highest BCUT2D eigenvalue weighted by Gasteiger charge is 2.41. The Kier molecular flexibility index (Phi) is 5.51. The molecule has 27 heavy (non-hydrogen) atoms. The molecule has 4 rings (SSSR count). The highest BCUT2D eigenvalue weighted by Crippen LogP contribution is 2.40. The van der Waals surface area contributed by atoms with E-state index in [1.54, 1.807) is 23.5 Å². The summed E-state index contributed by atoms with van der Waals surface area (Å²) in [6, 6.07) is 16.5. The third-order valence-electron chi connectivity index (χ3n) is 3.80. The van der Waals surface area contributed by atoms with Gasteiger partial charge in [-0.15, -0.1) is 11.3 Å². The lowest BCUT2D eigenvalue weighted by Crippen LogP contribution is -2.67. The smallest absolute Gasteiger partial charge is 0.258 e. The second-order valence-electron chi connectivity index (χ2n) is 5.70. The van der Waals surface area contributed by atoms with Crippen LogP contribution in [0.15, 0.2) is 58.9 Å². The first kappa shape index (κ1) is 18.1. The van der Waals surface area contributed by atoms with Gasteiger partial charge in [0.05, 0.1) is 10.2 Å². The number of aromatic nitrogens is 1. The number of hydrogen-bond donors (Lipinski definition) is 2. The van der Waals surface area contributed by atoms with Crippen LogP contribution in [0, 0.1) is 0 Å². The zero-order chi connectivity index (χ0) is 18.6. The number of rotatable bonds is 7.